The molecule has 6 heteroatoms. The number of carbonyl (C=O) groups is 1. The van der Waals surface area contributed by atoms with Crippen LogP contribution in [0, 0.1) is 5.82 Å². The van der Waals surface area contributed by atoms with Crippen LogP contribution in [0.5, 0.6) is 0 Å². The van der Waals surface area contributed by atoms with Gasteiger partial charge in [-0.2, -0.15) is 0 Å². The summed E-state index contributed by atoms with van der Waals surface area (Å²) in [5, 5.41) is 4.90. The summed E-state index contributed by atoms with van der Waals surface area (Å²) in [6, 6.07) is 6.65. The van der Waals surface area contributed by atoms with Gasteiger partial charge >= 0.3 is 0 Å². The van der Waals surface area contributed by atoms with Gasteiger partial charge in [0.15, 0.2) is 0 Å². The average Bonchev–Trinajstić information content (AvgIpc) is 3.07. The first kappa shape index (κ1) is 15.7. The Morgan fingerprint density at radius 2 is 2.39 bits per heavy atom. The number of nitrogens with one attached hydrogen (secondary N) is 1. The van der Waals surface area contributed by atoms with E-state index < -0.39 is 0 Å². The molecule has 1 aliphatic rings. The van der Waals surface area contributed by atoms with Crippen molar-refractivity contribution in [2.24, 2.45) is 0 Å². The Labute approximate surface area is 138 Å². The number of hydrogen-bond donors (Lipinski definition) is 1. The Bertz CT molecular complexity index is 687. The molecule has 2 aromatic rings. The summed E-state index contributed by atoms with van der Waals surface area (Å²) in [5.41, 5.74) is 3.38. The number of rotatable bonds is 4. The third-order valence-corrected chi connectivity index (χ3v) is 4.40. The normalized spacial score (nSPS) is 18.3. The van der Waals surface area contributed by atoms with Gasteiger partial charge in [-0.15, -0.1) is 11.3 Å². The number of piperidine rings is 1. The second-order valence-electron chi connectivity index (χ2n) is 5.52. The van der Waals surface area contributed by atoms with E-state index in [9.17, 15) is 9.18 Å². The van der Waals surface area contributed by atoms with Crippen LogP contribution in [0.1, 0.15) is 18.5 Å². The number of halogens is 1. The van der Waals surface area contributed by atoms with Gasteiger partial charge in [-0.05, 0) is 37.1 Å². The van der Waals surface area contributed by atoms with Gasteiger partial charge in [-0.1, -0.05) is 6.07 Å². The van der Waals surface area contributed by atoms with Crippen LogP contribution in [0.2, 0.25) is 0 Å². The zero-order valence-corrected chi connectivity index (χ0v) is 13.4. The van der Waals surface area contributed by atoms with Crippen molar-refractivity contribution >= 4 is 29.0 Å². The van der Waals surface area contributed by atoms with E-state index in [-0.39, 0.29) is 17.8 Å². The molecule has 0 spiro atoms. The molecule has 1 aliphatic heterocycles. The highest BCUT2D eigenvalue weighted by atomic mass is 32.1. The SMILES string of the molecule is O=C(/C=C\c1cscn1)N[C@H]1CCCN(c2cccc(F)c2)C1. The summed E-state index contributed by atoms with van der Waals surface area (Å²) in [7, 11) is 0. The first-order valence-electron chi connectivity index (χ1n) is 7.58. The first-order valence-corrected chi connectivity index (χ1v) is 8.52. The molecule has 1 fully saturated rings. The second-order valence-corrected chi connectivity index (χ2v) is 6.24. The maximum absolute atomic E-state index is 13.4. The van der Waals surface area contributed by atoms with Gasteiger partial charge in [0.25, 0.3) is 0 Å². The minimum absolute atomic E-state index is 0.0691. The molecule has 1 atom stereocenters. The molecule has 1 N–H and O–H groups in total. The Hall–Kier alpha value is -2.21. The van der Waals surface area contributed by atoms with Crippen molar-refractivity contribution in [3.63, 3.8) is 0 Å². The number of thiazole rings is 1. The van der Waals surface area contributed by atoms with Crippen molar-refractivity contribution in [2.75, 3.05) is 18.0 Å². The lowest BCUT2D eigenvalue weighted by Gasteiger charge is -2.34. The molecule has 0 unspecified atom stereocenters. The molecule has 0 radical (unpaired) electrons. The molecule has 3 rings (SSSR count). The van der Waals surface area contributed by atoms with Gasteiger partial charge in [-0.3, -0.25) is 4.79 Å². The topological polar surface area (TPSA) is 45.2 Å². The van der Waals surface area contributed by atoms with Crippen molar-refractivity contribution in [1.82, 2.24) is 10.3 Å². The fourth-order valence-electron chi connectivity index (χ4n) is 2.72. The molecule has 0 aliphatic carbocycles. The second kappa shape index (κ2) is 7.37. The molecule has 23 heavy (non-hydrogen) atoms. The zero-order chi connectivity index (χ0) is 16.1. The number of nitrogens with zero attached hydrogens (tertiary/aromatic N) is 2. The fourth-order valence-corrected chi connectivity index (χ4v) is 3.24. The molecule has 120 valence electrons. The summed E-state index contributed by atoms with van der Waals surface area (Å²) in [6.45, 7) is 1.57. The summed E-state index contributed by atoms with van der Waals surface area (Å²) >= 11 is 1.49. The minimum Gasteiger partial charge on any atom is -0.369 e. The largest absolute Gasteiger partial charge is 0.369 e. The lowest BCUT2D eigenvalue weighted by atomic mass is 10.0. The third kappa shape index (κ3) is 4.39. The minimum atomic E-state index is -0.236. The Kier molecular flexibility index (Phi) is 5.02. The Morgan fingerprint density at radius 3 is 3.17 bits per heavy atom. The number of benzene rings is 1. The van der Waals surface area contributed by atoms with Crippen LogP contribution in [0.25, 0.3) is 6.08 Å². The van der Waals surface area contributed by atoms with Gasteiger partial charge in [0.05, 0.1) is 11.2 Å². The number of anilines is 1. The van der Waals surface area contributed by atoms with Crippen LogP contribution in [0.3, 0.4) is 0 Å². The number of carbonyl (C=O) groups excluding carboxylic acids is 1. The van der Waals surface area contributed by atoms with Crippen LogP contribution in [0.15, 0.2) is 41.2 Å². The van der Waals surface area contributed by atoms with Gasteiger partial charge in [-0.25, -0.2) is 9.37 Å². The highest BCUT2D eigenvalue weighted by Crippen LogP contribution is 2.20. The summed E-state index contributed by atoms with van der Waals surface area (Å²) < 4.78 is 13.4. The number of hydrogen-bond acceptors (Lipinski definition) is 4. The monoisotopic (exact) mass is 331 g/mol. The van der Waals surface area contributed by atoms with Crippen molar-refractivity contribution in [3.05, 3.63) is 52.7 Å². The van der Waals surface area contributed by atoms with Crippen LogP contribution >= 0.6 is 11.3 Å². The molecule has 1 aromatic carbocycles. The first-order chi connectivity index (χ1) is 11.2. The predicted molar refractivity (Wildman–Crippen MR) is 90.9 cm³/mol. The highest BCUT2D eigenvalue weighted by molar-refractivity contribution is 7.07. The van der Waals surface area contributed by atoms with Crippen molar-refractivity contribution in [2.45, 2.75) is 18.9 Å². The van der Waals surface area contributed by atoms with Crippen molar-refractivity contribution < 1.29 is 9.18 Å². The molecule has 1 amide bonds. The maximum atomic E-state index is 13.4. The number of aromatic nitrogens is 1. The molecule has 1 saturated heterocycles. The third-order valence-electron chi connectivity index (χ3n) is 3.80. The van der Waals surface area contributed by atoms with E-state index in [1.54, 1.807) is 17.7 Å². The van der Waals surface area contributed by atoms with Gasteiger partial charge in [0.1, 0.15) is 5.82 Å². The smallest absolute Gasteiger partial charge is 0.244 e. The molecule has 0 saturated carbocycles. The van der Waals surface area contributed by atoms with E-state index in [4.69, 9.17) is 0 Å². The molecular weight excluding hydrogens is 313 g/mol. The molecule has 2 heterocycles. The van der Waals surface area contributed by atoms with Crippen LogP contribution in [0.4, 0.5) is 10.1 Å². The van der Waals surface area contributed by atoms with Gasteiger partial charge in [0.2, 0.25) is 5.91 Å². The van der Waals surface area contributed by atoms with E-state index in [0.717, 1.165) is 30.8 Å². The maximum Gasteiger partial charge on any atom is 0.244 e. The average molecular weight is 331 g/mol. The standard InChI is InChI=1S/C17H18FN3OS/c18-13-3-1-5-16(9-13)21-8-2-4-14(10-21)20-17(22)7-6-15-11-23-12-19-15/h1,3,5-7,9,11-12,14H,2,4,8,10H2,(H,20,22)/b7-6-/t14-/m0/s1. The summed E-state index contributed by atoms with van der Waals surface area (Å²) in [5.74, 6) is -0.357. The van der Waals surface area contributed by atoms with E-state index in [1.807, 2.05) is 11.4 Å². The lowest BCUT2D eigenvalue weighted by Crippen LogP contribution is -2.47. The van der Waals surface area contributed by atoms with Gasteiger partial charge < -0.3 is 10.2 Å². The Morgan fingerprint density at radius 1 is 1.48 bits per heavy atom. The van der Waals surface area contributed by atoms with E-state index in [2.05, 4.69) is 15.2 Å². The zero-order valence-electron chi connectivity index (χ0n) is 12.6. The van der Waals surface area contributed by atoms with Crippen LogP contribution < -0.4 is 10.2 Å². The quantitative estimate of drug-likeness (QED) is 0.876. The van der Waals surface area contributed by atoms with Crippen LogP contribution in [-0.4, -0.2) is 30.0 Å². The molecule has 1 aromatic heterocycles. The Balaban J connectivity index is 1.57. The summed E-state index contributed by atoms with van der Waals surface area (Å²) in [6.07, 6.45) is 5.12. The highest BCUT2D eigenvalue weighted by Gasteiger charge is 2.21. The molecule has 4 nitrogen and oxygen atoms in total. The summed E-state index contributed by atoms with van der Waals surface area (Å²) in [4.78, 5) is 18.2. The molecular formula is C17H18FN3OS. The lowest BCUT2D eigenvalue weighted by molar-refractivity contribution is -0.117. The van der Waals surface area contributed by atoms with Crippen molar-refractivity contribution in [1.29, 1.82) is 0 Å². The van der Waals surface area contributed by atoms with E-state index in [0.29, 0.717) is 6.54 Å². The van der Waals surface area contributed by atoms with Crippen molar-refractivity contribution in [3.8, 4) is 0 Å². The van der Waals surface area contributed by atoms with Gasteiger partial charge in [0, 0.05) is 36.3 Å². The fraction of sp³-hybridized carbons (Fsp3) is 0.294. The van der Waals surface area contributed by atoms with E-state index >= 15 is 0 Å². The number of amides is 1. The predicted octanol–water partition coefficient (Wildman–Crippen LogP) is 3.08. The van der Waals surface area contributed by atoms with Crippen LogP contribution in [-0.2, 0) is 4.79 Å². The molecule has 0 bridgehead atoms. The van der Waals surface area contributed by atoms with E-state index in [1.165, 1.54) is 29.5 Å².